The number of esters is 1. The van der Waals surface area contributed by atoms with Gasteiger partial charge in [-0.25, -0.2) is 0 Å². The van der Waals surface area contributed by atoms with Crippen molar-refractivity contribution in [2.75, 3.05) is 32.0 Å². The van der Waals surface area contributed by atoms with E-state index in [2.05, 4.69) is 10.6 Å². The van der Waals surface area contributed by atoms with E-state index < -0.39 is 17.9 Å². The fourth-order valence-electron chi connectivity index (χ4n) is 4.42. The number of carbonyl (C=O) groups excluding carboxylic acids is 2. The van der Waals surface area contributed by atoms with Gasteiger partial charge in [0, 0.05) is 22.9 Å². The maximum absolute atomic E-state index is 13.7. The summed E-state index contributed by atoms with van der Waals surface area (Å²) in [5.74, 6) is -0.542. The highest BCUT2D eigenvalue weighted by Crippen LogP contribution is 2.45. The number of carbonyl (C=O) groups is 2. The molecule has 2 aromatic carbocycles. The van der Waals surface area contributed by atoms with Gasteiger partial charge in [0.25, 0.3) is 0 Å². The van der Waals surface area contributed by atoms with Crippen molar-refractivity contribution in [1.82, 2.24) is 0 Å². The van der Waals surface area contributed by atoms with Gasteiger partial charge >= 0.3 is 5.97 Å². The maximum Gasteiger partial charge on any atom is 0.316 e. The smallest absolute Gasteiger partial charge is 0.316 e. The Hall–Kier alpha value is -3.48. The number of benzene rings is 2. The fraction of sp³-hybridized carbons (Fsp3) is 0.333. The van der Waals surface area contributed by atoms with Crippen molar-refractivity contribution in [2.24, 2.45) is 11.8 Å². The number of hydrogen-bond acceptors (Lipinski definition) is 7. The average Bonchev–Trinajstić information content (AvgIpc) is 2.94. The lowest BCUT2D eigenvalue weighted by Crippen LogP contribution is -2.39. The average molecular weight is 422 g/mol. The van der Waals surface area contributed by atoms with E-state index in [1.165, 1.54) is 7.11 Å². The highest BCUT2D eigenvalue weighted by atomic mass is 16.5. The summed E-state index contributed by atoms with van der Waals surface area (Å²) < 4.78 is 15.9. The minimum absolute atomic E-state index is 0.185. The first-order valence-electron chi connectivity index (χ1n) is 10.2. The van der Waals surface area contributed by atoms with E-state index in [1.807, 2.05) is 43.3 Å². The van der Waals surface area contributed by atoms with E-state index >= 15 is 0 Å². The molecule has 1 aliphatic carbocycles. The number of hydrogen-bond donors (Lipinski definition) is 2. The quantitative estimate of drug-likeness (QED) is 0.570. The second-order valence-electron chi connectivity index (χ2n) is 7.79. The number of ether oxygens (including phenoxy) is 3. The largest absolute Gasteiger partial charge is 0.497 e. The lowest BCUT2D eigenvalue weighted by molar-refractivity contribution is -0.151. The Morgan fingerprint density at radius 2 is 1.77 bits per heavy atom. The fourth-order valence-corrected chi connectivity index (χ4v) is 4.42. The third-order valence-corrected chi connectivity index (χ3v) is 5.98. The first-order chi connectivity index (χ1) is 15.0. The van der Waals surface area contributed by atoms with Crippen LogP contribution in [0.2, 0.25) is 0 Å². The molecule has 4 rings (SSSR count). The number of methoxy groups -OCH3 is 3. The van der Waals surface area contributed by atoms with Crippen LogP contribution in [0.3, 0.4) is 0 Å². The van der Waals surface area contributed by atoms with E-state index in [1.54, 1.807) is 20.3 Å². The molecule has 0 saturated heterocycles. The normalized spacial score (nSPS) is 22.3. The van der Waals surface area contributed by atoms with Crippen LogP contribution in [0.5, 0.6) is 11.5 Å². The molecule has 1 aliphatic heterocycles. The molecule has 2 N–H and O–H groups in total. The number of para-hydroxylation sites is 2. The third-order valence-electron chi connectivity index (χ3n) is 5.98. The molecule has 3 unspecified atom stereocenters. The van der Waals surface area contributed by atoms with Crippen LogP contribution in [0.15, 0.2) is 53.7 Å². The summed E-state index contributed by atoms with van der Waals surface area (Å²) in [7, 11) is 4.49. The first-order valence-corrected chi connectivity index (χ1v) is 10.2. The van der Waals surface area contributed by atoms with E-state index in [9.17, 15) is 9.59 Å². The third kappa shape index (κ3) is 3.60. The van der Waals surface area contributed by atoms with Crippen LogP contribution in [-0.2, 0) is 14.3 Å². The number of rotatable bonds is 4. The molecular weight excluding hydrogens is 396 g/mol. The topological polar surface area (TPSA) is 85.9 Å². The van der Waals surface area contributed by atoms with E-state index in [0.29, 0.717) is 23.5 Å². The van der Waals surface area contributed by atoms with Gasteiger partial charge in [0.1, 0.15) is 17.4 Å². The van der Waals surface area contributed by atoms with E-state index in [0.717, 1.165) is 22.6 Å². The number of allylic oxidation sites excluding steroid dienone is 1. The van der Waals surface area contributed by atoms with Crippen molar-refractivity contribution >= 4 is 23.1 Å². The Balaban J connectivity index is 1.90. The van der Waals surface area contributed by atoms with Crippen LogP contribution in [0.1, 0.15) is 24.9 Å². The van der Waals surface area contributed by atoms with Crippen molar-refractivity contribution < 1.29 is 23.8 Å². The van der Waals surface area contributed by atoms with Crippen LogP contribution in [-0.4, -0.2) is 33.1 Å². The highest BCUT2D eigenvalue weighted by molar-refractivity contribution is 6.11. The zero-order chi connectivity index (χ0) is 22.1. The maximum atomic E-state index is 13.7. The molecule has 0 saturated carbocycles. The molecule has 0 radical (unpaired) electrons. The molecule has 7 heteroatoms. The molecular formula is C24H26N2O5. The van der Waals surface area contributed by atoms with Gasteiger partial charge in [0.05, 0.1) is 38.7 Å². The van der Waals surface area contributed by atoms with Crippen LogP contribution < -0.4 is 20.1 Å². The van der Waals surface area contributed by atoms with Crippen LogP contribution in [0.25, 0.3) is 0 Å². The van der Waals surface area contributed by atoms with E-state index in [4.69, 9.17) is 14.2 Å². The summed E-state index contributed by atoms with van der Waals surface area (Å²) in [4.78, 5) is 26.1. The Labute approximate surface area is 181 Å². The van der Waals surface area contributed by atoms with Crippen LogP contribution in [0.4, 0.5) is 11.4 Å². The zero-order valence-corrected chi connectivity index (χ0v) is 18.0. The summed E-state index contributed by atoms with van der Waals surface area (Å²) >= 11 is 0. The van der Waals surface area contributed by atoms with Crippen molar-refractivity contribution in [1.29, 1.82) is 0 Å². The number of ketones is 1. The predicted octanol–water partition coefficient (Wildman–Crippen LogP) is 3.93. The molecule has 2 aromatic rings. The molecule has 1 heterocycles. The van der Waals surface area contributed by atoms with Crippen molar-refractivity contribution in [3.8, 4) is 11.5 Å². The molecule has 0 aromatic heterocycles. The number of Topliss-reactive ketones (excluding diaryl/α,β-unsaturated/α-hetero) is 1. The van der Waals surface area contributed by atoms with Gasteiger partial charge in [-0.2, -0.15) is 0 Å². The first kappa shape index (κ1) is 20.8. The highest BCUT2D eigenvalue weighted by Gasteiger charge is 2.44. The molecule has 162 valence electrons. The predicted molar refractivity (Wildman–Crippen MR) is 117 cm³/mol. The van der Waals surface area contributed by atoms with Gasteiger partial charge in [0.2, 0.25) is 0 Å². The SMILES string of the molecule is COC(=O)C1C(=O)C2=C(CC1C)Nc1ccccc1NC2c1ccc(OC)cc1OC. The molecule has 31 heavy (non-hydrogen) atoms. The lowest BCUT2D eigenvalue weighted by Gasteiger charge is -2.32. The minimum Gasteiger partial charge on any atom is -0.497 e. The van der Waals surface area contributed by atoms with Gasteiger partial charge in [-0.05, 0) is 36.6 Å². The number of fused-ring (bicyclic) bond motifs is 1. The Morgan fingerprint density at radius 3 is 2.45 bits per heavy atom. The van der Waals surface area contributed by atoms with Crippen molar-refractivity contribution in [3.63, 3.8) is 0 Å². The van der Waals surface area contributed by atoms with Crippen LogP contribution >= 0.6 is 0 Å². The molecule has 0 fully saturated rings. The number of anilines is 2. The molecule has 0 bridgehead atoms. The standard InChI is InChI=1S/C24H26N2O5/c1-13-11-18-21(23(27)20(13)24(28)31-4)22(26-17-8-6-5-7-16(17)25-18)15-10-9-14(29-2)12-19(15)30-3/h5-10,12-13,20,22,25-26H,11H2,1-4H3. The monoisotopic (exact) mass is 422 g/mol. The minimum atomic E-state index is -0.847. The molecule has 0 spiro atoms. The zero-order valence-electron chi connectivity index (χ0n) is 18.0. The van der Waals surface area contributed by atoms with Gasteiger partial charge < -0.3 is 24.8 Å². The molecule has 2 aliphatic rings. The summed E-state index contributed by atoms with van der Waals surface area (Å²) in [6, 6.07) is 12.8. The second kappa shape index (κ2) is 8.34. The van der Waals surface area contributed by atoms with Crippen molar-refractivity contribution in [2.45, 2.75) is 19.4 Å². The summed E-state index contributed by atoms with van der Waals surface area (Å²) in [6.45, 7) is 1.90. The Morgan fingerprint density at radius 1 is 1.03 bits per heavy atom. The number of nitrogens with one attached hydrogen (secondary N) is 2. The molecule has 0 amide bonds. The van der Waals surface area contributed by atoms with Crippen LogP contribution in [0, 0.1) is 11.8 Å². The molecule has 7 nitrogen and oxygen atoms in total. The Kier molecular flexibility index (Phi) is 5.59. The summed E-state index contributed by atoms with van der Waals surface area (Å²) in [5.41, 5.74) is 3.84. The second-order valence-corrected chi connectivity index (χ2v) is 7.79. The lowest BCUT2D eigenvalue weighted by atomic mass is 9.74. The van der Waals surface area contributed by atoms with E-state index in [-0.39, 0.29) is 11.7 Å². The van der Waals surface area contributed by atoms with Crippen molar-refractivity contribution in [3.05, 3.63) is 59.3 Å². The Bertz CT molecular complexity index is 1060. The van der Waals surface area contributed by atoms with Gasteiger partial charge in [-0.15, -0.1) is 0 Å². The van der Waals surface area contributed by atoms with Gasteiger partial charge in [0.15, 0.2) is 5.78 Å². The van der Waals surface area contributed by atoms with Gasteiger partial charge in [-0.1, -0.05) is 19.1 Å². The molecule has 3 atom stereocenters. The van der Waals surface area contributed by atoms with Gasteiger partial charge in [-0.3, -0.25) is 9.59 Å². The summed E-state index contributed by atoms with van der Waals surface area (Å²) in [6.07, 6.45) is 0.547. The summed E-state index contributed by atoms with van der Waals surface area (Å²) in [5, 5.41) is 6.93.